The van der Waals surface area contributed by atoms with Gasteiger partial charge in [-0.25, -0.2) is 0 Å². The Morgan fingerprint density at radius 3 is 2.56 bits per heavy atom. The van der Waals surface area contributed by atoms with Gasteiger partial charge in [-0.3, -0.25) is 4.79 Å². The minimum Gasteiger partial charge on any atom is -0.366 e. The predicted octanol–water partition coefficient (Wildman–Crippen LogP) is 0.00700. The molecule has 0 spiro atoms. The van der Waals surface area contributed by atoms with E-state index in [4.69, 9.17) is 5.73 Å². The van der Waals surface area contributed by atoms with Crippen LogP contribution in [-0.4, -0.2) is 12.2 Å². The predicted molar refractivity (Wildman–Crippen MR) is 33.6 cm³/mol. The molecule has 3 heteroatoms. The normalized spacial score (nSPS) is 9.78. The molecule has 0 bridgehead atoms. The molecule has 0 aromatic rings. The van der Waals surface area contributed by atoms with Crippen LogP contribution >= 0.6 is 0 Å². The maximum Gasteiger partial charge on any atom is 0.241 e. The molecule has 2 N–H and O–H groups in total. The van der Waals surface area contributed by atoms with E-state index in [0.717, 1.165) is 6.29 Å². The van der Waals surface area contributed by atoms with Crippen molar-refractivity contribution < 1.29 is 9.59 Å². The maximum absolute atomic E-state index is 10.0. The summed E-state index contributed by atoms with van der Waals surface area (Å²) in [6, 6.07) is 0. The van der Waals surface area contributed by atoms with Crippen LogP contribution < -0.4 is 5.73 Å². The highest BCUT2D eigenvalue weighted by atomic mass is 16.1. The summed E-state index contributed by atoms with van der Waals surface area (Å²) in [6.45, 7) is 0. The van der Waals surface area contributed by atoms with E-state index in [0.29, 0.717) is 12.8 Å². The van der Waals surface area contributed by atoms with Gasteiger partial charge in [0.25, 0.3) is 0 Å². The number of rotatable bonds is 4. The van der Waals surface area contributed by atoms with Crippen LogP contribution in [0.2, 0.25) is 0 Å². The zero-order valence-electron chi connectivity index (χ0n) is 5.04. The molecule has 0 atom stereocenters. The van der Waals surface area contributed by atoms with Crippen molar-refractivity contribution >= 4 is 12.2 Å². The Labute approximate surface area is 53.5 Å². The molecule has 0 heterocycles. The Hall–Kier alpha value is -1.12. The summed E-state index contributed by atoms with van der Waals surface area (Å²) in [4.78, 5) is 19.7. The van der Waals surface area contributed by atoms with Crippen LogP contribution in [0.3, 0.4) is 0 Å². The van der Waals surface area contributed by atoms with Crippen LogP contribution in [0.15, 0.2) is 12.2 Å². The summed E-state index contributed by atoms with van der Waals surface area (Å²) >= 11 is 0. The molecule has 0 unspecified atom stereocenters. The van der Waals surface area contributed by atoms with Gasteiger partial charge in [0.15, 0.2) is 0 Å². The number of aldehydes is 1. The second kappa shape index (κ2) is 5.03. The molecule has 1 amide bonds. The van der Waals surface area contributed by atoms with Crippen molar-refractivity contribution in [3.05, 3.63) is 12.2 Å². The van der Waals surface area contributed by atoms with Gasteiger partial charge in [-0.1, -0.05) is 6.08 Å². The Bertz CT molecular complexity index is 129. The molecule has 0 aromatic heterocycles. The summed E-state index contributed by atoms with van der Waals surface area (Å²) in [5, 5.41) is 0. The fraction of sp³-hybridized carbons (Fsp3) is 0.333. The van der Waals surface area contributed by atoms with E-state index in [9.17, 15) is 9.59 Å². The number of hydrogen-bond acceptors (Lipinski definition) is 2. The third-order valence-corrected chi connectivity index (χ3v) is 0.733. The molecule has 50 valence electrons. The lowest BCUT2D eigenvalue weighted by atomic mass is 10.3. The molecule has 0 aliphatic carbocycles. The van der Waals surface area contributed by atoms with Crippen LogP contribution in [0.5, 0.6) is 0 Å². The minimum absolute atomic E-state index is 0.448. The van der Waals surface area contributed by atoms with Crippen LogP contribution in [0.4, 0.5) is 0 Å². The van der Waals surface area contributed by atoms with Crippen molar-refractivity contribution in [3.8, 4) is 0 Å². The zero-order chi connectivity index (χ0) is 7.11. The average Bonchev–Trinajstić information content (AvgIpc) is 1.80. The van der Waals surface area contributed by atoms with Crippen molar-refractivity contribution in [2.45, 2.75) is 12.8 Å². The van der Waals surface area contributed by atoms with Crippen molar-refractivity contribution in [2.75, 3.05) is 0 Å². The van der Waals surface area contributed by atoms with E-state index in [2.05, 4.69) is 0 Å². The Kier molecular flexibility index (Phi) is 4.40. The van der Waals surface area contributed by atoms with Crippen LogP contribution in [0, 0.1) is 0 Å². The number of hydrogen-bond donors (Lipinski definition) is 1. The first-order chi connectivity index (χ1) is 4.27. The van der Waals surface area contributed by atoms with Crippen molar-refractivity contribution in [3.63, 3.8) is 0 Å². The molecule has 0 saturated carbocycles. The lowest BCUT2D eigenvalue weighted by Crippen LogP contribution is -2.05. The van der Waals surface area contributed by atoms with Gasteiger partial charge >= 0.3 is 0 Å². The third-order valence-electron chi connectivity index (χ3n) is 0.733. The van der Waals surface area contributed by atoms with Crippen LogP contribution in [-0.2, 0) is 9.59 Å². The van der Waals surface area contributed by atoms with E-state index in [1.165, 1.54) is 6.08 Å². The summed E-state index contributed by atoms with van der Waals surface area (Å²) < 4.78 is 0. The Morgan fingerprint density at radius 1 is 1.44 bits per heavy atom. The second-order valence-corrected chi connectivity index (χ2v) is 1.55. The zero-order valence-corrected chi connectivity index (χ0v) is 5.04. The molecule has 0 saturated heterocycles. The topological polar surface area (TPSA) is 60.2 Å². The van der Waals surface area contributed by atoms with Crippen LogP contribution in [0.25, 0.3) is 0 Å². The maximum atomic E-state index is 10.0. The standard InChI is InChI=1S/C6H9NO2/c7-6(9)4-2-1-3-5-8/h2,4-5H,1,3H2,(H2,7,9). The van der Waals surface area contributed by atoms with Crippen molar-refractivity contribution in [1.29, 1.82) is 0 Å². The smallest absolute Gasteiger partial charge is 0.241 e. The van der Waals surface area contributed by atoms with E-state index >= 15 is 0 Å². The molecular weight excluding hydrogens is 118 g/mol. The first kappa shape index (κ1) is 7.88. The SMILES string of the molecule is NC(=O)C=CCCC=O. The second-order valence-electron chi connectivity index (χ2n) is 1.55. The first-order valence-electron chi connectivity index (χ1n) is 2.67. The third kappa shape index (κ3) is 6.88. The average molecular weight is 127 g/mol. The van der Waals surface area contributed by atoms with E-state index in [-0.39, 0.29) is 0 Å². The van der Waals surface area contributed by atoms with Gasteiger partial charge in [0.2, 0.25) is 5.91 Å². The number of carbonyl (C=O) groups excluding carboxylic acids is 2. The van der Waals surface area contributed by atoms with Gasteiger partial charge in [-0.15, -0.1) is 0 Å². The van der Waals surface area contributed by atoms with Gasteiger partial charge in [0.05, 0.1) is 0 Å². The number of unbranched alkanes of at least 4 members (excludes halogenated alkanes) is 1. The van der Waals surface area contributed by atoms with Crippen LogP contribution in [0.1, 0.15) is 12.8 Å². The molecule has 0 aliphatic heterocycles. The molecule has 0 radical (unpaired) electrons. The van der Waals surface area contributed by atoms with Crippen molar-refractivity contribution in [2.24, 2.45) is 5.73 Å². The molecule has 3 nitrogen and oxygen atoms in total. The lowest BCUT2D eigenvalue weighted by Gasteiger charge is -1.79. The monoisotopic (exact) mass is 127 g/mol. The van der Waals surface area contributed by atoms with E-state index < -0.39 is 5.91 Å². The Balaban J connectivity index is 3.24. The molecule has 0 rings (SSSR count). The summed E-state index contributed by atoms with van der Waals surface area (Å²) in [6.07, 6.45) is 4.67. The fourth-order valence-electron chi connectivity index (χ4n) is 0.364. The first-order valence-corrected chi connectivity index (χ1v) is 2.67. The lowest BCUT2D eigenvalue weighted by molar-refractivity contribution is -0.113. The highest BCUT2D eigenvalue weighted by Crippen LogP contribution is 1.84. The summed E-state index contributed by atoms with van der Waals surface area (Å²) in [5.41, 5.74) is 4.76. The highest BCUT2D eigenvalue weighted by Gasteiger charge is 1.80. The molecule has 9 heavy (non-hydrogen) atoms. The number of nitrogens with two attached hydrogens (primary N) is 1. The minimum atomic E-state index is -0.471. The quantitative estimate of drug-likeness (QED) is 0.328. The van der Waals surface area contributed by atoms with Gasteiger partial charge in [-0.05, 0) is 12.5 Å². The van der Waals surface area contributed by atoms with E-state index in [1.807, 2.05) is 0 Å². The molecular formula is C6H9NO2. The molecule has 0 fully saturated rings. The van der Waals surface area contributed by atoms with E-state index in [1.54, 1.807) is 6.08 Å². The number of primary amides is 1. The Morgan fingerprint density at radius 2 is 2.11 bits per heavy atom. The number of carbonyl (C=O) groups is 2. The largest absolute Gasteiger partial charge is 0.366 e. The molecule has 0 aromatic carbocycles. The highest BCUT2D eigenvalue weighted by molar-refractivity contribution is 5.85. The summed E-state index contributed by atoms with van der Waals surface area (Å²) in [7, 11) is 0. The van der Waals surface area contributed by atoms with Crippen molar-refractivity contribution in [1.82, 2.24) is 0 Å². The molecule has 0 aliphatic rings. The van der Waals surface area contributed by atoms with Gasteiger partial charge < -0.3 is 10.5 Å². The fourth-order valence-corrected chi connectivity index (χ4v) is 0.364. The summed E-state index contributed by atoms with van der Waals surface area (Å²) in [5.74, 6) is -0.471. The van der Waals surface area contributed by atoms with Gasteiger partial charge in [0, 0.05) is 6.42 Å². The number of amides is 1. The van der Waals surface area contributed by atoms with Gasteiger partial charge in [0.1, 0.15) is 6.29 Å². The van der Waals surface area contributed by atoms with Gasteiger partial charge in [-0.2, -0.15) is 0 Å². The number of allylic oxidation sites excluding steroid dienone is 1.